The number of guanidine groups is 1. The highest BCUT2D eigenvalue weighted by Gasteiger charge is 2.55. The van der Waals surface area contributed by atoms with Crippen molar-refractivity contribution in [3.63, 3.8) is 0 Å². The Bertz CT molecular complexity index is 2050. The summed E-state index contributed by atoms with van der Waals surface area (Å²) in [5.41, 5.74) is 26.4. The zero-order valence-corrected chi connectivity index (χ0v) is 32.3. The Morgan fingerprint density at radius 1 is 1.21 bits per heavy atom. The van der Waals surface area contributed by atoms with Crippen LogP contribution in [-0.2, 0) is 52.8 Å². The fraction of sp³-hybridized carbons (Fsp3) is 0.481. The fourth-order valence-electron chi connectivity index (χ4n) is 4.92. The number of thioether (sulfide) groups is 1. The van der Waals surface area contributed by atoms with E-state index in [4.69, 9.17) is 51.0 Å². The number of β-lactam (4-membered cyclic amide) rings is 1. The first kappa shape index (κ1) is 44.8. The lowest BCUT2D eigenvalue weighted by molar-refractivity contribution is -0.765. The number of aromatic nitrogens is 4. The molecule has 4 heterocycles. The lowest BCUT2D eigenvalue weighted by Crippen LogP contribution is -2.71. The van der Waals surface area contributed by atoms with Gasteiger partial charge in [0, 0.05) is 22.9 Å². The molecule has 1 saturated heterocycles. The van der Waals surface area contributed by atoms with Crippen molar-refractivity contribution in [3.8, 4) is 0 Å². The molecule has 4 rings (SSSR count). The van der Waals surface area contributed by atoms with Crippen LogP contribution in [0.3, 0.4) is 0 Å². The number of unbranched alkanes of at least 4 members (excludes halogenated alkanes) is 1. The summed E-state index contributed by atoms with van der Waals surface area (Å²) in [6, 6.07) is -2.08. The van der Waals surface area contributed by atoms with Crippen LogP contribution >= 0.6 is 23.3 Å². The van der Waals surface area contributed by atoms with Crippen molar-refractivity contribution in [2.24, 2.45) is 34.4 Å². The number of carbonyl (C=O) groups is 5. The molecule has 308 valence electrons. The van der Waals surface area contributed by atoms with Crippen molar-refractivity contribution in [2.75, 3.05) is 29.1 Å². The number of amides is 3. The molecule has 0 aromatic carbocycles. The van der Waals surface area contributed by atoms with Gasteiger partial charge in [-0.25, -0.2) is 23.0 Å². The van der Waals surface area contributed by atoms with Crippen LogP contribution in [0.4, 0.5) is 16.6 Å². The van der Waals surface area contributed by atoms with E-state index in [9.17, 15) is 34.2 Å². The zero-order valence-electron chi connectivity index (χ0n) is 29.8. The van der Waals surface area contributed by atoms with Crippen LogP contribution in [0.2, 0.25) is 0 Å². The smallest absolute Gasteiger partial charge is 0.352 e. The van der Waals surface area contributed by atoms with Crippen LogP contribution in [0.5, 0.6) is 0 Å². The number of carboxylic acids is 2. The maximum atomic E-state index is 13.4. The molecule has 3 amide bonds. The van der Waals surface area contributed by atoms with Gasteiger partial charge in [0.15, 0.2) is 29.1 Å². The Kier molecular flexibility index (Phi) is 14.7. The van der Waals surface area contributed by atoms with Gasteiger partial charge in [0.25, 0.3) is 11.8 Å². The van der Waals surface area contributed by atoms with E-state index >= 15 is 0 Å². The summed E-state index contributed by atoms with van der Waals surface area (Å²) in [6.07, 6.45) is 3.12. The van der Waals surface area contributed by atoms with Crippen LogP contribution in [0.15, 0.2) is 27.6 Å². The number of hydrogen-bond donors (Lipinski definition) is 10. The van der Waals surface area contributed by atoms with Crippen molar-refractivity contribution in [3.05, 3.63) is 23.3 Å². The van der Waals surface area contributed by atoms with Crippen LogP contribution in [0.25, 0.3) is 0 Å². The van der Waals surface area contributed by atoms with Crippen LogP contribution in [0, 0.1) is 0 Å². The Balaban J connectivity index is 0.00000158. The molecule has 56 heavy (non-hydrogen) atoms. The summed E-state index contributed by atoms with van der Waals surface area (Å²) >= 11 is 1.94. The molecule has 2 aromatic rings. The van der Waals surface area contributed by atoms with E-state index < -0.39 is 68.8 Å². The number of carbonyl (C=O) groups excluding carboxylic acids is 3. The maximum absolute atomic E-state index is 13.4. The third kappa shape index (κ3) is 11.5. The van der Waals surface area contributed by atoms with Gasteiger partial charge < -0.3 is 58.9 Å². The molecule has 2 aliphatic heterocycles. The number of aliphatic carboxylic acids is 2. The van der Waals surface area contributed by atoms with E-state index in [2.05, 4.69) is 30.1 Å². The van der Waals surface area contributed by atoms with Gasteiger partial charge in [-0.1, -0.05) is 5.16 Å². The predicted octanol–water partition coefficient (Wildman–Crippen LogP) is -3.93. The third-order valence-corrected chi connectivity index (χ3v) is 9.61. The van der Waals surface area contributed by atoms with Gasteiger partial charge in [-0.05, 0) is 39.7 Å². The molecule has 0 saturated carbocycles. The number of nitrogen functional groups attached to an aromatic ring is 2. The minimum absolute atomic E-state index is 0.0127. The van der Waals surface area contributed by atoms with Gasteiger partial charge in [-0.15, -0.1) is 21.1 Å². The van der Waals surface area contributed by atoms with Crippen LogP contribution < -0.4 is 44.0 Å². The molecule has 0 bridgehead atoms. The summed E-state index contributed by atoms with van der Waals surface area (Å²) in [7, 11) is -3.31. The Morgan fingerprint density at radius 2 is 1.86 bits per heavy atom. The van der Waals surface area contributed by atoms with Crippen LogP contribution in [-0.4, -0.2) is 123 Å². The van der Waals surface area contributed by atoms with Crippen molar-refractivity contribution in [2.45, 2.75) is 62.7 Å². The number of rotatable bonds is 16. The monoisotopic (exact) mass is 848 g/mol. The number of carboxylic acid groups (broad SMARTS) is 2. The molecule has 29 heteroatoms. The minimum Gasteiger partial charge on any atom is -0.726 e. The number of oxime groups is 1. The summed E-state index contributed by atoms with van der Waals surface area (Å²) in [6.45, 7) is 2.82. The van der Waals surface area contributed by atoms with Gasteiger partial charge in [-0.3, -0.25) is 23.8 Å². The minimum atomic E-state index is -4.92. The first-order valence-corrected chi connectivity index (χ1v) is 19.1. The van der Waals surface area contributed by atoms with Gasteiger partial charge in [-0.2, -0.15) is 9.36 Å². The van der Waals surface area contributed by atoms with Crippen molar-refractivity contribution < 1.29 is 61.2 Å². The first-order valence-electron chi connectivity index (χ1n) is 15.9. The highest BCUT2D eigenvalue weighted by Crippen LogP contribution is 2.40. The summed E-state index contributed by atoms with van der Waals surface area (Å²) in [5, 5.41) is 27.6. The zero-order chi connectivity index (χ0) is 42.3. The normalized spacial score (nSPS) is 17.4. The van der Waals surface area contributed by atoms with E-state index in [-0.39, 0.29) is 46.4 Å². The largest absolute Gasteiger partial charge is 0.726 e. The van der Waals surface area contributed by atoms with Gasteiger partial charge >= 0.3 is 11.9 Å². The number of nitrogens with one attached hydrogen (secondary N) is 2. The van der Waals surface area contributed by atoms with E-state index in [1.54, 1.807) is 11.7 Å². The SMILES string of the molecule is Cn1c(N)c(NC(=O)[C@H](CCCCN)N=C(N)N)c[n+]1CC1=C(C(=O)O)N2C(=O)[C@@H](NC(=O)/C(=N\OC(C)(C)C(=O)O)c3nsc(N)n3)[C@H]2SC1.O=S(=O)([O-])O. The maximum Gasteiger partial charge on any atom is 0.352 e. The Hall–Kier alpha value is -5.62. The molecule has 3 atom stereocenters. The second-order valence-electron chi connectivity index (χ2n) is 12.2. The molecular weight excluding hydrogens is 809 g/mol. The molecular formula is C27H40N14O12S3. The number of nitrogens with zero attached hydrogens (tertiary/aromatic N) is 7. The summed E-state index contributed by atoms with van der Waals surface area (Å²) in [4.78, 5) is 77.8. The Labute approximate surface area is 325 Å². The molecule has 2 aromatic heterocycles. The van der Waals surface area contributed by atoms with Crippen molar-refractivity contribution in [1.29, 1.82) is 0 Å². The number of hydrogen-bond acceptors (Lipinski definition) is 18. The lowest BCUT2D eigenvalue weighted by Gasteiger charge is -2.49. The first-order chi connectivity index (χ1) is 26.0. The number of aliphatic imine (C=N–C) groups is 1. The predicted molar refractivity (Wildman–Crippen MR) is 197 cm³/mol. The van der Waals surface area contributed by atoms with E-state index in [0.717, 1.165) is 16.4 Å². The average Bonchev–Trinajstić information content (AvgIpc) is 3.63. The van der Waals surface area contributed by atoms with Gasteiger partial charge in [0.05, 0.1) is 7.05 Å². The molecule has 2 aliphatic rings. The highest BCUT2D eigenvalue weighted by atomic mass is 32.3. The van der Waals surface area contributed by atoms with Crippen LogP contribution in [0.1, 0.15) is 38.9 Å². The topological polar surface area (TPSA) is 429 Å². The third-order valence-electron chi connectivity index (χ3n) is 7.72. The molecule has 1 fully saturated rings. The summed E-state index contributed by atoms with van der Waals surface area (Å²) in [5.74, 6) is -5.20. The van der Waals surface area contributed by atoms with Crippen molar-refractivity contribution >= 4 is 91.7 Å². The fourth-order valence-corrected chi connectivity index (χ4v) is 6.69. The number of fused-ring (bicyclic) bond motifs is 1. The highest BCUT2D eigenvalue weighted by molar-refractivity contribution is 8.00. The number of anilines is 3. The van der Waals surface area contributed by atoms with Crippen molar-refractivity contribution in [1.82, 2.24) is 24.3 Å². The molecule has 26 nitrogen and oxygen atoms in total. The standard InChI is InChI=1S/C27H38N14O8S2.H2O4S/c1-27(2,24(47)48)49-37-14(18-36-26(32)51-38-18)20(43)35-15-21(44)41-16(23(45)46)11(10-50-22(15)41)8-40-9-13(17(29)39(40)3)33-19(42)12(34-25(30)31)6-4-5-7-28;1-5(2,3)4/h9,12,15,22,29H,4-8,10,28H2,1-3H3,(H10,30,31,32,33,34,35,36,38,42,43,45,46,47,48);(H2,1,2,3,4)/b37-14-;/t12-,15+,22+;/m0./s1. The molecule has 15 N–H and O–H groups in total. The molecule has 0 spiro atoms. The number of nitrogens with two attached hydrogens (primary N) is 5. The van der Waals surface area contributed by atoms with Gasteiger partial charge in [0.2, 0.25) is 39.6 Å². The average molecular weight is 849 g/mol. The van der Waals surface area contributed by atoms with E-state index in [1.807, 2.05) is 0 Å². The molecule has 0 aliphatic carbocycles. The second-order valence-corrected chi connectivity index (χ2v) is 15.0. The van der Waals surface area contributed by atoms with Gasteiger partial charge in [0.1, 0.15) is 23.2 Å². The summed E-state index contributed by atoms with van der Waals surface area (Å²) < 4.78 is 39.8. The molecule has 0 radical (unpaired) electrons. The quantitative estimate of drug-likeness (QED) is 0.0113. The van der Waals surface area contributed by atoms with E-state index in [1.165, 1.54) is 36.5 Å². The Morgan fingerprint density at radius 3 is 2.39 bits per heavy atom. The second kappa shape index (κ2) is 18.3. The lowest BCUT2D eigenvalue weighted by atomic mass is 10.0. The molecule has 0 unspecified atom stereocenters. The van der Waals surface area contributed by atoms with E-state index in [0.29, 0.717) is 31.4 Å².